The minimum Gasteiger partial charge on any atom is -0.492 e. The molecule has 5 aromatic rings. The maximum atomic E-state index is 9.69. The van der Waals surface area contributed by atoms with E-state index in [4.69, 9.17) is 27.1 Å². The van der Waals surface area contributed by atoms with Gasteiger partial charge < -0.3 is 15.8 Å². The Kier molecular flexibility index (Phi) is 6.72. The highest BCUT2D eigenvalue weighted by Crippen LogP contribution is 2.35. The number of nitrogens with one attached hydrogen (secondary N) is 1. The Morgan fingerprint density at radius 2 is 1.97 bits per heavy atom. The van der Waals surface area contributed by atoms with Crippen LogP contribution in [-0.2, 0) is 6.42 Å². The van der Waals surface area contributed by atoms with Gasteiger partial charge in [-0.1, -0.05) is 48.0 Å². The maximum absolute atomic E-state index is 9.69. The molecule has 0 atom stereocenters. The van der Waals surface area contributed by atoms with Crippen LogP contribution >= 0.6 is 22.9 Å². The summed E-state index contributed by atoms with van der Waals surface area (Å²) in [5, 5.41) is 17.4. The van der Waals surface area contributed by atoms with Crippen LogP contribution in [0.1, 0.15) is 23.1 Å². The first kappa shape index (κ1) is 23.6. The Labute approximate surface area is 218 Å². The summed E-state index contributed by atoms with van der Waals surface area (Å²) in [5.41, 5.74) is 12.2. The number of anilines is 3. The second kappa shape index (κ2) is 10.2. The molecule has 0 fully saturated rings. The van der Waals surface area contributed by atoms with Crippen LogP contribution in [0.5, 0.6) is 5.75 Å². The second-order valence-corrected chi connectivity index (χ2v) is 9.45. The Morgan fingerprint density at radius 3 is 2.72 bits per heavy atom. The van der Waals surface area contributed by atoms with Crippen molar-refractivity contribution in [2.45, 2.75) is 13.3 Å². The van der Waals surface area contributed by atoms with Gasteiger partial charge >= 0.3 is 0 Å². The molecule has 0 spiro atoms. The molecule has 8 heteroatoms. The van der Waals surface area contributed by atoms with Crippen molar-refractivity contribution >= 4 is 50.9 Å². The monoisotopic (exact) mass is 511 g/mol. The number of nitrogens with two attached hydrogens (primary N) is 1. The number of hydrogen-bond donors (Lipinski definition) is 2. The van der Waals surface area contributed by atoms with Crippen molar-refractivity contribution in [3.63, 3.8) is 0 Å². The Hall–Kier alpha value is -4.12. The average Bonchev–Trinajstić information content (AvgIpc) is 3.36. The zero-order valence-electron chi connectivity index (χ0n) is 19.5. The van der Waals surface area contributed by atoms with Crippen molar-refractivity contribution < 1.29 is 4.74 Å². The van der Waals surface area contributed by atoms with Crippen LogP contribution in [0.4, 0.5) is 17.1 Å². The topological polar surface area (TPSA) is 96.8 Å². The predicted molar refractivity (Wildman–Crippen MR) is 147 cm³/mol. The van der Waals surface area contributed by atoms with E-state index in [0.717, 1.165) is 32.9 Å². The van der Waals surface area contributed by atoms with Gasteiger partial charge in [-0.05, 0) is 30.7 Å². The number of thiazole rings is 1. The van der Waals surface area contributed by atoms with Gasteiger partial charge in [-0.15, -0.1) is 11.3 Å². The number of nitrogens with zero attached hydrogens (tertiary/aromatic N) is 3. The van der Waals surface area contributed by atoms with Gasteiger partial charge in [0.1, 0.15) is 11.8 Å². The minimum absolute atomic E-state index is 0.405. The maximum Gasteiger partial charge on any atom is 0.144 e. The summed E-state index contributed by atoms with van der Waals surface area (Å²) in [7, 11) is 0. The number of ether oxygens (including phenoxy) is 1. The first-order valence-electron chi connectivity index (χ1n) is 11.4. The summed E-state index contributed by atoms with van der Waals surface area (Å²) in [6, 6.07) is 21.7. The van der Waals surface area contributed by atoms with Crippen molar-refractivity contribution in [1.82, 2.24) is 9.97 Å². The number of fused-ring (bicyclic) bond motifs is 1. The Balaban J connectivity index is 1.42. The van der Waals surface area contributed by atoms with Gasteiger partial charge in [0.05, 0.1) is 39.8 Å². The quantitative estimate of drug-likeness (QED) is 0.224. The van der Waals surface area contributed by atoms with E-state index in [0.29, 0.717) is 46.3 Å². The fourth-order valence-corrected chi connectivity index (χ4v) is 5.02. The molecule has 0 saturated heterocycles. The van der Waals surface area contributed by atoms with E-state index >= 15 is 0 Å². The van der Waals surface area contributed by atoms with Gasteiger partial charge in [-0.25, -0.2) is 4.98 Å². The molecule has 178 valence electrons. The van der Waals surface area contributed by atoms with Crippen molar-refractivity contribution in [2.24, 2.45) is 0 Å². The number of benzene rings is 3. The van der Waals surface area contributed by atoms with Crippen molar-refractivity contribution in [3.8, 4) is 23.1 Å². The third-order valence-electron chi connectivity index (χ3n) is 5.71. The molecule has 3 aromatic carbocycles. The molecule has 0 aliphatic rings. The molecule has 0 amide bonds. The van der Waals surface area contributed by atoms with E-state index in [-0.39, 0.29) is 0 Å². The molecule has 2 heterocycles. The van der Waals surface area contributed by atoms with Crippen LogP contribution in [0.15, 0.2) is 72.2 Å². The molecule has 36 heavy (non-hydrogen) atoms. The highest BCUT2D eigenvalue weighted by atomic mass is 35.5. The zero-order valence-corrected chi connectivity index (χ0v) is 21.0. The van der Waals surface area contributed by atoms with Crippen LogP contribution in [0.25, 0.3) is 22.2 Å². The van der Waals surface area contributed by atoms with Gasteiger partial charge in [0.25, 0.3) is 0 Å². The summed E-state index contributed by atoms with van der Waals surface area (Å²) in [6.45, 7) is 2.39. The fourth-order valence-electron chi connectivity index (χ4n) is 3.95. The standard InChI is InChI=1S/C28H22ClN5OS/c1-2-35-26-13-24-21(12-23(26)31)28(19(14-30)15-32-24)33-20-9-8-18(22(29)11-20)10-27-34-25(16-36-27)17-6-4-3-5-7-17/h3-9,11-13,15-16H,2,10,31H2,1H3,(H,32,33). The normalized spacial score (nSPS) is 10.8. The molecule has 2 aromatic heterocycles. The summed E-state index contributed by atoms with van der Waals surface area (Å²) >= 11 is 8.28. The first-order chi connectivity index (χ1) is 17.6. The van der Waals surface area contributed by atoms with E-state index in [9.17, 15) is 5.26 Å². The third-order valence-corrected chi connectivity index (χ3v) is 6.91. The number of hydrogen-bond acceptors (Lipinski definition) is 7. The number of aromatic nitrogens is 2. The van der Waals surface area contributed by atoms with Crippen LogP contribution in [0, 0.1) is 11.3 Å². The summed E-state index contributed by atoms with van der Waals surface area (Å²) in [5.74, 6) is 0.568. The number of rotatable bonds is 7. The Bertz CT molecular complexity index is 1590. The van der Waals surface area contributed by atoms with Gasteiger partial charge in [0.15, 0.2) is 0 Å². The lowest BCUT2D eigenvalue weighted by Gasteiger charge is -2.15. The van der Waals surface area contributed by atoms with Gasteiger partial charge in [0, 0.05) is 45.7 Å². The van der Waals surface area contributed by atoms with Crippen molar-refractivity contribution in [3.05, 3.63) is 93.4 Å². The SMILES string of the molecule is CCOc1cc2ncc(C#N)c(Nc3ccc(Cc4nc(-c5ccccc5)cs4)c(Cl)c3)c2cc1N. The molecule has 0 aliphatic carbocycles. The lowest BCUT2D eigenvalue weighted by Crippen LogP contribution is -2.01. The third kappa shape index (κ3) is 4.82. The molecular formula is C28H22ClN5OS. The van der Waals surface area contributed by atoms with E-state index in [1.165, 1.54) is 0 Å². The number of nitriles is 1. The lowest BCUT2D eigenvalue weighted by atomic mass is 10.1. The highest BCUT2D eigenvalue weighted by molar-refractivity contribution is 7.10. The first-order valence-corrected chi connectivity index (χ1v) is 12.6. The highest BCUT2D eigenvalue weighted by Gasteiger charge is 2.14. The van der Waals surface area contributed by atoms with Crippen LogP contribution in [-0.4, -0.2) is 16.6 Å². The molecule has 0 unspecified atom stereocenters. The smallest absolute Gasteiger partial charge is 0.144 e. The fraction of sp³-hybridized carbons (Fsp3) is 0.107. The second-order valence-electron chi connectivity index (χ2n) is 8.10. The van der Waals surface area contributed by atoms with E-state index in [1.54, 1.807) is 29.7 Å². The van der Waals surface area contributed by atoms with E-state index in [1.807, 2.05) is 43.3 Å². The summed E-state index contributed by atoms with van der Waals surface area (Å²) in [4.78, 5) is 9.18. The van der Waals surface area contributed by atoms with Gasteiger partial charge in [-0.2, -0.15) is 5.26 Å². The lowest BCUT2D eigenvalue weighted by molar-refractivity contribution is 0.342. The van der Waals surface area contributed by atoms with Crippen molar-refractivity contribution in [1.29, 1.82) is 5.26 Å². The molecule has 0 bridgehead atoms. The number of pyridine rings is 1. The summed E-state index contributed by atoms with van der Waals surface area (Å²) < 4.78 is 5.59. The van der Waals surface area contributed by atoms with Gasteiger partial charge in [-0.3, -0.25) is 4.98 Å². The number of halogens is 1. The molecule has 3 N–H and O–H groups in total. The van der Waals surface area contributed by atoms with Crippen LogP contribution < -0.4 is 15.8 Å². The molecule has 0 aliphatic heterocycles. The minimum atomic E-state index is 0.405. The zero-order chi connectivity index (χ0) is 25.1. The van der Waals surface area contributed by atoms with E-state index in [2.05, 4.69) is 33.9 Å². The van der Waals surface area contributed by atoms with Gasteiger partial charge in [0.2, 0.25) is 0 Å². The molecule has 5 rings (SSSR count). The average molecular weight is 512 g/mol. The van der Waals surface area contributed by atoms with Crippen molar-refractivity contribution in [2.75, 3.05) is 17.7 Å². The van der Waals surface area contributed by atoms with Crippen LogP contribution in [0.2, 0.25) is 5.02 Å². The van der Waals surface area contributed by atoms with E-state index < -0.39 is 0 Å². The Morgan fingerprint density at radius 1 is 1.14 bits per heavy atom. The molecular weight excluding hydrogens is 490 g/mol. The largest absolute Gasteiger partial charge is 0.492 e. The predicted octanol–water partition coefficient (Wildman–Crippen LogP) is 7.20. The molecule has 6 nitrogen and oxygen atoms in total. The number of nitrogen functional groups attached to an aromatic ring is 1. The van der Waals surface area contributed by atoms with Crippen LogP contribution in [0.3, 0.4) is 0 Å². The molecule has 0 saturated carbocycles. The summed E-state index contributed by atoms with van der Waals surface area (Å²) in [6.07, 6.45) is 2.17. The molecule has 0 radical (unpaired) electrons.